The normalized spacial score (nSPS) is 14.6. The Hall–Kier alpha value is -3.71. The molecule has 1 aliphatic heterocycles. The van der Waals surface area contributed by atoms with Crippen molar-refractivity contribution in [1.29, 1.82) is 0 Å². The van der Waals surface area contributed by atoms with Gasteiger partial charge in [-0.15, -0.1) is 0 Å². The van der Waals surface area contributed by atoms with E-state index in [4.69, 9.17) is 4.74 Å². The van der Waals surface area contributed by atoms with Crippen LogP contribution in [-0.4, -0.2) is 55.2 Å². The number of hydrogen-bond acceptors (Lipinski definition) is 4. The molecule has 41 heavy (non-hydrogen) atoms. The zero-order valence-corrected chi connectivity index (χ0v) is 24.1. The monoisotopic (exact) mass is 550 g/mol. The quantitative estimate of drug-likeness (QED) is 0.223. The van der Waals surface area contributed by atoms with Crippen LogP contribution in [0.25, 0.3) is 10.8 Å². The number of urea groups is 1. The highest BCUT2D eigenvalue weighted by molar-refractivity contribution is 5.86. The van der Waals surface area contributed by atoms with Crippen LogP contribution in [0.5, 0.6) is 0 Å². The van der Waals surface area contributed by atoms with Gasteiger partial charge in [0.1, 0.15) is 0 Å². The van der Waals surface area contributed by atoms with E-state index in [-0.39, 0.29) is 12.1 Å². The highest BCUT2D eigenvalue weighted by Gasteiger charge is 2.19. The van der Waals surface area contributed by atoms with E-state index in [0.717, 1.165) is 63.5 Å². The first-order valence-electron chi connectivity index (χ1n) is 14.8. The number of morpholine rings is 1. The number of ether oxygens (including phenoxy) is 1. The molecule has 0 bridgehead atoms. The molecule has 0 spiro atoms. The first-order chi connectivity index (χ1) is 20.2. The Morgan fingerprint density at radius 1 is 0.829 bits per heavy atom. The van der Waals surface area contributed by atoms with Gasteiger partial charge in [-0.2, -0.15) is 0 Å². The van der Waals surface area contributed by atoms with Gasteiger partial charge in [-0.1, -0.05) is 97.1 Å². The van der Waals surface area contributed by atoms with E-state index in [2.05, 4.69) is 113 Å². The van der Waals surface area contributed by atoms with Gasteiger partial charge in [-0.3, -0.25) is 4.90 Å². The molecule has 1 aliphatic rings. The molecule has 0 saturated carbocycles. The number of benzene rings is 4. The number of carbonyl (C=O) groups excluding carboxylic acids is 1. The third kappa shape index (κ3) is 8.40. The van der Waals surface area contributed by atoms with Crippen molar-refractivity contribution in [3.8, 4) is 0 Å². The van der Waals surface area contributed by atoms with E-state index >= 15 is 0 Å². The number of carbonyl (C=O) groups is 1. The van der Waals surface area contributed by atoms with E-state index in [1.54, 1.807) is 0 Å². The predicted molar refractivity (Wildman–Crippen MR) is 167 cm³/mol. The number of rotatable bonds is 12. The second kappa shape index (κ2) is 14.8. The van der Waals surface area contributed by atoms with Crippen molar-refractivity contribution >= 4 is 16.8 Å². The Balaban J connectivity index is 1.21. The maximum absolute atomic E-state index is 13.7. The standard InChI is InChI=1S/C35H42N4O2/c1-28(33-14-7-12-32-11-5-6-13-34(32)33)37-35(40)39(20-8-19-38-21-23-41-24-22-38)27-31-17-15-30(16-18-31)26-36-25-29-9-3-2-4-10-29/h2-7,9-18,28,36H,8,19-27H2,1H3,(H,37,40)/t28-/m1/s1. The Morgan fingerprint density at radius 3 is 2.27 bits per heavy atom. The fraction of sp³-hybridized carbons (Fsp3) is 0.343. The Kier molecular flexibility index (Phi) is 10.4. The van der Waals surface area contributed by atoms with Gasteiger partial charge in [-0.05, 0) is 46.4 Å². The van der Waals surface area contributed by atoms with Crippen LogP contribution in [-0.2, 0) is 24.4 Å². The second-order valence-electron chi connectivity index (χ2n) is 10.9. The molecule has 4 aromatic carbocycles. The van der Waals surface area contributed by atoms with E-state index in [0.29, 0.717) is 13.1 Å². The van der Waals surface area contributed by atoms with Crippen LogP contribution in [0, 0.1) is 0 Å². The summed E-state index contributed by atoms with van der Waals surface area (Å²) in [5.41, 5.74) is 4.78. The van der Waals surface area contributed by atoms with Gasteiger partial charge in [-0.25, -0.2) is 4.79 Å². The molecule has 2 amide bonds. The lowest BCUT2D eigenvalue weighted by molar-refractivity contribution is 0.0364. The summed E-state index contributed by atoms with van der Waals surface area (Å²) < 4.78 is 5.50. The number of fused-ring (bicyclic) bond motifs is 1. The van der Waals surface area contributed by atoms with Gasteiger partial charge in [0.15, 0.2) is 0 Å². The summed E-state index contributed by atoms with van der Waals surface area (Å²) in [7, 11) is 0. The van der Waals surface area contributed by atoms with Crippen LogP contribution in [0.2, 0.25) is 0 Å². The molecule has 2 N–H and O–H groups in total. The van der Waals surface area contributed by atoms with Crippen molar-refractivity contribution in [3.63, 3.8) is 0 Å². The van der Waals surface area contributed by atoms with Gasteiger partial charge in [0.05, 0.1) is 19.3 Å². The maximum Gasteiger partial charge on any atom is 0.318 e. The fourth-order valence-electron chi connectivity index (χ4n) is 5.47. The van der Waals surface area contributed by atoms with Crippen molar-refractivity contribution in [1.82, 2.24) is 20.4 Å². The average molecular weight is 551 g/mol. The minimum atomic E-state index is -0.103. The van der Waals surface area contributed by atoms with Gasteiger partial charge in [0.2, 0.25) is 0 Å². The first-order valence-corrected chi connectivity index (χ1v) is 14.8. The molecule has 0 radical (unpaired) electrons. The van der Waals surface area contributed by atoms with Crippen LogP contribution in [0.1, 0.15) is 41.6 Å². The lowest BCUT2D eigenvalue weighted by Gasteiger charge is -2.29. The molecule has 0 aliphatic carbocycles. The zero-order valence-electron chi connectivity index (χ0n) is 24.1. The zero-order chi connectivity index (χ0) is 28.3. The molecule has 4 aromatic rings. The topological polar surface area (TPSA) is 56.8 Å². The van der Waals surface area contributed by atoms with Gasteiger partial charge >= 0.3 is 6.03 Å². The van der Waals surface area contributed by atoms with Crippen molar-refractivity contribution in [3.05, 3.63) is 119 Å². The maximum atomic E-state index is 13.7. The highest BCUT2D eigenvalue weighted by atomic mass is 16.5. The number of nitrogens with zero attached hydrogens (tertiary/aromatic N) is 2. The third-order valence-corrected chi connectivity index (χ3v) is 7.82. The lowest BCUT2D eigenvalue weighted by Crippen LogP contribution is -2.43. The van der Waals surface area contributed by atoms with Gasteiger partial charge < -0.3 is 20.3 Å². The molecule has 1 atom stereocenters. The second-order valence-corrected chi connectivity index (χ2v) is 10.9. The summed E-state index contributed by atoms with van der Waals surface area (Å²) in [5, 5.41) is 9.18. The van der Waals surface area contributed by atoms with E-state index in [1.165, 1.54) is 21.9 Å². The molecule has 6 heteroatoms. The molecular formula is C35H42N4O2. The Morgan fingerprint density at radius 2 is 1.49 bits per heavy atom. The summed E-state index contributed by atoms with van der Waals surface area (Å²) in [6.07, 6.45) is 0.928. The largest absolute Gasteiger partial charge is 0.379 e. The Labute approximate surface area is 244 Å². The van der Waals surface area contributed by atoms with Crippen molar-refractivity contribution in [2.24, 2.45) is 0 Å². The van der Waals surface area contributed by atoms with E-state index in [1.807, 2.05) is 11.0 Å². The molecule has 0 unspecified atom stereocenters. The SMILES string of the molecule is C[C@@H](NC(=O)N(CCCN1CCOCC1)Cc1ccc(CNCc2ccccc2)cc1)c1cccc2ccccc12. The molecule has 5 rings (SSSR count). The number of hydrogen-bond donors (Lipinski definition) is 2. The van der Waals surface area contributed by atoms with Crippen molar-refractivity contribution < 1.29 is 9.53 Å². The minimum absolute atomic E-state index is 0.0268. The smallest absolute Gasteiger partial charge is 0.318 e. The Bertz CT molecular complexity index is 1360. The number of amides is 2. The van der Waals surface area contributed by atoms with Crippen molar-refractivity contribution in [2.75, 3.05) is 39.4 Å². The predicted octanol–water partition coefficient (Wildman–Crippen LogP) is 6.12. The van der Waals surface area contributed by atoms with Crippen LogP contribution < -0.4 is 10.6 Å². The summed E-state index contributed by atoms with van der Waals surface area (Å²) in [6, 6.07) is 33.6. The molecule has 0 aromatic heterocycles. The summed E-state index contributed by atoms with van der Waals surface area (Å²) in [5.74, 6) is 0. The first kappa shape index (κ1) is 28.8. The molecule has 1 heterocycles. The summed E-state index contributed by atoms with van der Waals surface area (Å²) in [4.78, 5) is 18.1. The van der Waals surface area contributed by atoms with Gasteiger partial charge in [0, 0.05) is 45.8 Å². The molecular weight excluding hydrogens is 508 g/mol. The average Bonchev–Trinajstić information content (AvgIpc) is 3.02. The molecule has 214 valence electrons. The van der Waals surface area contributed by atoms with Crippen LogP contribution in [0.3, 0.4) is 0 Å². The number of nitrogens with one attached hydrogen (secondary N) is 2. The fourth-order valence-corrected chi connectivity index (χ4v) is 5.47. The van der Waals surface area contributed by atoms with Crippen molar-refractivity contribution in [2.45, 2.75) is 39.0 Å². The van der Waals surface area contributed by atoms with E-state index < -0.39 is 0 Å². The minimum Gasteiger partial charge on any atom is -0.379 e. The molecule has 1 saturated heterocycles. The van der Waals surface area contributed by atoms with Crippen LogP contribution in [0.4, 0.5) is 4.79 Å². The highest BCUT2D eigenvalue weighted by Crippen LogP contribution is 2.24. The lowest BCUT2D eigenvalue weighted by atomic mass is 10.00. The molecule has 6 nitrogen and oxygen atoms in total. The molecule has 1 fully saturated rings. The van der Waals surface area contributed by atoms with Crippen LogP contribution in [0.15, 0.2) is 97.1 Å². The summed E-state index contributed by atoms with van der Waals surface area (Å²) in [6.45, 7) is 9.48. The third-order valence-electron chi connectivity index (χ3n) is 7.82. The van der Waals surface area contributed by atoms with Gasteiger partial charge in [0.25, 0.3) is 0 Å². The van der Waals surface area contributed by atoms with Crippen LogP contribution >= 0.6 is 0 Å². The van der Waals surface area contributed by atoms with E-state index in [9.17, 15) is 4.79 Å². The summed E-state index contributed by atoms with van der Waals surface area (Å²) >= 11 is 0.